The summed E-state index contributed by atoms with van der Waals surface area (Å²) in [5, 5.41) is 31.4. The SMILES string of the molecule is COc1ccc(CN2CCCC2=O)c([O-])c1-c1cccc(N(O)O)c1. The van der Waals surface area contributed by atoms with Crippen LogP contribution in [0.1, 0.15) is 18.4 Å². The van der Waals surface area contributed by atoms with E-state index in [-0.39, 0.29) is 29.1 Å². The van der Waals surface area contributed by atoms with Gasteiger partial charge in [-0.1, -0.05) is 23.9 Å². The number of benzene rings is 2. The number of amides is 1. The highest BCUT2D eigenvalue weighted by atomic mass is 16.8. The van der Waals surface area contributed by atoms with E-state index in [0.29, 0.717) is 35.4 Å². The molecule has 0 aliphatic carbocycles. The lowest BCUT2D eigenvalue weighted by molar-refractivity contribution is -0.268. The van der Waals surface area contributed by atoms with Gasteiger partial charge in [-0.25, -0.2) is 0 Å². The summed E-state index contributed by atoms with van der Waals surface area (Å²) in [6.45, 7) is 0.916. The molecule has 0 spiro atoms. The summed E-state index contributed by atoms with van der Waals surface area (Å²) < 4.78 is 5.31. The normalized spacial score (nSPS) is 14.0. The van der Waals surface area contributed by atoms with Gasteiger partial charge in [-0.05, 0) is 35.7 Å². The number of hydrogen-bond acceptors (Lipinski definition) is 6. The molecule has 7 nitrogen and oxygen atoms in total. The smallest absolute Gasteiger partial charge is 0.222 e. The van der Waals surface area contributed by atoms with Crippen LogP contribution < -0.4 is 15.1 Å². The maximum absolute atomic E-state index is 13.0. The largest absolute Gasteiger partial charge is 0.872 e. The molecule has 1 amide bonds. The van der Waals surface area contributed by atoms with Crippen molar-refractivity contribution in [3.63, 3.8) is 0 Å². The fraction of sp³-hybridized carbons (Fsp3) is 0.278. The van der Waals surface area contributed by atoms with Gasteiger partial charge in [-0.15, -0.1) is 5.23 Å². The topological polar surface area (TPSA) is 96.3 Å². The Bertz CT molecular complexity index is 791. The molecule has 0 radical (unpaired) electrons. The maximum Gasteiger partial charge on any atom is 0.222 e. The second-order valence-electron chi connectivity index (χ2n) is 5.89. The van der Waals surface area contributed by atoms with E-state index in [9.17, 15) is 20.3 Å². The van der Waals surface area contributed by atoms with Crippen molar-refractivity contribution in [1.82, 2.24) is 4.90 Å². The Morgan fingerprint density at radius 3 is 2.72 bits per heavy atom. The van der Waals surface area contributed by atoms with Gasteiger partial charge in [-0.3, -0.25) is 15.2 Å². The molecule has 0 atom stereocenters. The van der Waals surface area contributed by atoms with Crippen molar-refractivity contribution in [3.05, 3.63) is 42.0 Å². The zero-order valence-electron chi connectivity index (χ0n) is 13.8. The number of carbonyl (C=O) groups excluding carboxylic acids is 1. The Balaban J connectivity index is 2.04. The molecule has 1 heterocycles. The molecule has 1 aliphatic heterocycles. The Morgan fingerprint density at radius 2 is 2.08 bits per heavy atom. The highest BCUT2D eigenvalue weighted by Gasteiger charge is 2.21. The summed E-state index contributed by atoms with van der Waals surface area (Å²) in [6.07, 6.45) is 1.32. The van der Waals surface area contributed by atoms with Crippen LogP contribution in [0, 0.1) is 0 Å². The van der Waals surface area contributed by atoms with E-state index in [1.807, 2.05) is 0 Å². The second kappa shape index (κ2) is 7.00. The van der Waals surface area contributed by atoms with Crippen molar-refractivity contribution in [1.29, 1.82) is 0 Å². The van der Waals surface area contributed by atoms with E-state index in [0.717, 1.165) is 6.42 Å². The lowest BCUT2D eigenvalue weighted by Crippen LogP contribution is -2.24. The van der Waals surface area contributed by atoms with Gasteiger partial charge in [0.25, 0.3) is 0 Å². The third-order valence-electron chi connectivity index (χ3n) is 4.32. The van der Waals surface area contributed by atoms with E-state index in [4.69, 9.17) is 4.74 Å². The fourth-order valence-electron chi connectivity index (χ4n) is 3.04. The number of ether oxygens (including phenoxy) is 1. The quantitative estimate of drug-likeness (QED) is 0.808. The van der Waals surface area contributed by atoms with Crippen molar-refractivity contribution in [2.45, 2.75) is 19.4 Å². The second-order valence-corrected chi connectivity index (χ2v) is 5.89. The van der Waals surface area contributed by atoms with Gasteiger partial charge in [0, 0.05) is 25.1 Å². The lowest BCUT2D eigenvalue weighted by Gasteiger charge is -2.25. The summed E-state index contributed by atoms with van der Waals surface area (Å²) in [5.74, 6) is 0.203. The van der Waals surface area contributed by atoms with Gasteiger partial charge in [0.1, 0.15) is 5.75 Å². The van der Waals surface area contributed by atoms with E-state index in [2.05, 4.69) is 0 Å². The molecular formula is C18H19N2O5-. The molecule has 1 saturated heterocycles. The molecule has 3 rings (SSSR count). The average Bonchev–Trinajstić information content (AvgIpc) is 3.01. The van der Waals surface area contributed by atoms with Gasteiger partial charge in [0.05, 0.1) is 12.8 Å². The molecule has 1 fully saturated rings. The van der Waals surface area contributed by atoms with Crippen LogP contribution in [-0.2, 0) is 11.3 Å². The summed E-state index contributed by atoms with van der Waals surface area (Å²) in [7, 11) is 1.47. The first-order valence-corrected chi connectivity index (χ1v) is 7.94. The molecule has 132 valence electrons. The maximum atomic E-state index is 13.0. The van der Waals surface area contributed by atoms with Gasteiger partial charge >= 0.3 is 0 Å². The van der Waals surface area contributed by atoms with Gasteiger partial charge in [0.2, 0.25) is 5.91 Å². The number of hydrogen-bond donors (Lipinski definition) is 2. The van der Waals surface area contributed by atoms with E-state index < -0.39 is 0 Å². The highest BCUT2D eigenvalue weighted by Crippen LogP contribution is 2.40. The first-order chi connectivity index (χ1) is 12.0. The van der Waals surface area contributed by atoms with Gasteiger partial charge in [0.15, 0.2) is 0 Å². The van der Waals surface area contributed by atoms with Crippen LogP contribution in [0.4, 0.5) is 5.69 Å². The molecule has 0 saturated carbocycles. The number of anilines is 1. The minimum atomic E-state index is -0.237. The van der Waals surface area contributed by atoms with Crippen molar-refractivity contribution < 1.29 is 25.1 Å². The first-order valence-electron chi connectivity index (χ1n) is 7.94. The summed E-state index contributed by atoms with van der Waals surface area (Å²) >= 11 is 0. The molecule has 2 aromatic carbocycles. The summed E-state index contributed by atoms with van der Waals surface area (Å²) in [5.41, 5.74) is 1.46. The van der Waals surface area contributed by atoms with Crippen LogP contribution in [0.2, 0.25) is 0 Å². The highest BCUT2D eigenvalue weighted by molar-refractivity contribution is 5.81. The predicted molar refractivity (Wildman–Crippen MR) is 88.6 cm³/mol. The van der Waals surface area contributed by atoms with E-state index >= 15 is 0 Å². The molecule has 2 aromatic rings. The third-order valence-corrected chi connectivity index (χ3v) is 4.32. The zero-order valence-corrected chi connectivity index (χ0v) is 13.8. The van der Waals surface area contributed by atoms with Gasteiger partial charge < -0.3 is 14.7 Å². The Hall–Kier alpha value is -2.77. The molecule has 1 aliphatic rings. The molecule has 0 aromatic heterocycles. The van der Waals surface area contributed by atoms with Crippen LogP contribution in [0.25, 0.3) is 11.1 Å². The average molecular weight is 343 g/mol. The number of carbonyl (C=O) groups is 1. The molecular weight excluding hydrogens is 324 g/mol. The van der Waals surface area contributed by atoms with E-state index in [1.54, 1.807) is 29.2 Å². The van der Waals surface area contributed by atoms with Crippen LogP contribution in [0.5, 0.6) is 11.5 Å². The van der Waals surface area contributed by atoms with Crippen LogP contribution in [0.3, 0.4) is 0 Å². The van der Waals surface area contributed by atoms with Crippen LogP contribution >= 0.6 is 0 Å². The van der Waals surface area contributed by atoms with Crippen molar-refractivity contribution in [2.24, 2.45) is 0 Å². The van der Waals surface area contributed by atoms with Crippen molar-refractivity contribution in [3.8, 4) is 22.6 Å². The number of rotatable bonds is 5. The van der Waals surface area contributed by atoms with Crippen LogP contribution in [-0.4, -0.2) is 34.9 Å². The van der Waals surface area contributed by atoms with Crippen LogP contribution in [0.15, 0.2) is 36.4 Å². The molecule has 0 bridgehead atoms. The number of methoxy groups -OCH3 is 1. The van der Waals surface area contributed by atoms with Crippen molar-refractivity contribution in [2.75, 3.05) is 18.9 Å². The Labute approximate surface area is 145 Å². The Kier molecular flexibility index (Phi) is 4.78. The minimum absolute atomic E-state index is 0.00674. The molecule has 25 heavy (non-hydrogen) atoms. The standard InChI is InChI=1S/C18H20N2O5/c1-25-15-8-7-13(11-19-9-3-6-16(19)21)18(22)17(15)12-4-2-5-14(10-12)20(23)24/h2,4-5,7-8,10,22-24H,3,6,9,11H2,1H3/p-1. The Morgan fingerprint density at radius 1 is 1.28 bits per heavy atom. The minimum Gasteiger partial charge on any atom is -0.872 e. The number of likely N-dealkylation sites (tertiary alicyclic amines) is 1. The van der Waals surface area contributed by atoms with Crippen molar-refractivity contribution >= 4 is 11.6 Å². The predicted octanol–water partition coefficient (Wildman–Crippen LogP) is 2.14. The van der Waals surface area contributed by atoms with Gasteiger partial charge in [-0.2, -0.15) is 0 Å². The number of nitrogens with zero attached hydrogens (tertiary/aromatic N) is 2. The fourth-order valence-corrected chi connectivity index (χ4v) is 3.04. The summed E-state index contributed by atoms with van der Waals surface area (Å²) in [6, 6.07) is 9.63. The third kappa shape index (κ3) is 3.38. The zero-order chi connectivity index (χ0) is 18.0. The first kappa shape index (κ1) is 17.1. The molecule has 7 heteroatoms. The van der Waals surface area contributed by atoms with E-state index in [1.165, 1.54) is 19.2 Å². The summed E-state index contributed by atoms with van der Waals surface area (Å²) in [4.78, 5) is 13.5. The monoisotopic (exact) mass is 343 g/mol. The molecule has 0 unspecified atom stereocenters. The molecule has 2 N–H and O–H groups in total. The lowest BCUT2D eigenvalue weighted by atomic mass is 9.99.